The maximum atomic E-state index is 13.8. The number of likely N-dealkylation sites (N-methyl/N-ethyl adjacent to an activating group) is 1. The van der Waals surface area contributed by atoms with E-state index in [4.69, 9.17) is 14.7 Å². The van der Waals surface area contributed by atoms with Crippen LogP contribution in [0.15, 0.2) is 67.1 Å². The molecule has 9 heteroatoms. The van der Waals surface area contributed by atoms with Gasteiger partial charge in [0.25, 0.3) is 5.91 Å². The van der Waals surface area contributed by atoms with E-state index in [1.54, 1.807) is 0 Å². The lowest BCUT2D eigenvalue weighted by molar-refractivity contribution is -0.131. The highest BCUT2D eigenvalue weighted by atomic mass is 19.1. The van der Waals surface area contributed by atoms with Crippen molar-refractivity contribution < 1.29 is 13.9 Å². The summed E-state index contributed by atoms with van der Waals surface area (Å²) >= 11 is 0. The highest BCUT2D eigenvalue weighted by Gasteiger charge is 2.33. The SMILES string of the molecule is C=C(F)C(=O)N1CCN(c2cc(OC[C@@H]3CCCN3C)nc3cc(-c4cccc5cccc(C)c45)cnc23)CC1CC#N. The third-order valence-electron chi connectivity index (χ3n) is 8.76. The van der Waals surface area contributed by atoms with Gasteiger partial charge in [0.15, 0.2) is 5.83 Å². The first-order valence-electron chi connectivity index (χ1n) is 14.7. The third-order valence-corrected chi connectivity index (χ3v) is 8.76. The number of amides is 1. The first-order valence-corrected chi connectivity index (χ1v) is 14.7. The van der Waals surface area contributed by atoms with Crippen molar-refractivity contribution in [1.82, 2.24) is 19.8 Å². The molecule has 2 atom stereocenters. The number of fused-ring (bicyclic) bond motifs is 2. The lowest BCUT2D eigenvalue weighted by Crippen LogP contribution is -2.55. The van der Waals surface area contributed by atoms with E-state index >= 15 is 0 Å². The molecule has 1 amide bonds. The Bertz CT molecular complexity index is 1750. The Morgan fingerprint density at radius 1 is 1.16 bits per heavy atom. The molecule has 4 heterocycles. The van der Waals surface area contributed by atoms with Crippen LogP contribution < -0.4 is 9.64 Å². The molecule has 0 saturated carbocycles. The number of aryl methyl sites for hydroxylation is 1. The van der Waals surface area contributed by atoms with Crippen molar-refractivity contribution in [2.45, 2.75) is 38.3 Å². The van der Waals surface area contributed by atoms with Gasteiger partial charge in [0.2, 0.25) is 5.88 Å². The Labute approximate surface area is 251 Å². The molecule has 0 aliphatic carbocycles. The molecule has 0 bridgehead atoms. The number of halogens is 1. The molecule has 0 radical (unpaired) electrons. The highest BCUT2D eigenvalue weighted by molar-refractivity contribution is 6.01. The molecule has 6 rings (SSSR count). The van der Waals surface area contributed by atoms with Crippen molar-refractivity contribution >= 4 is 33.4 Å². The van der Waals surface area contributed by atoms with Crippen LogP contribution in [0.2, 0.25) is 0 Å². The second-order valence-electron chi connectivity index (χ2n) is 11.5. The van der Waals surface area contributed by atoms with Crippen LogP contribution in [0.5, 0.6) is 5.88 Å². The standard InChI is InChI=1S/C34H35FN6O2/c1-22-7-4-8-24-9-5-11-28(32(22)24)25-17-29-33(37-19-25)30(18-31(38-29)43-21-27-10-6-14-39(27)3)40-15-16-41(34(42)23(2)35)26(20-40)12-13-36/h4-5,7-9,11,17-19,26-27H,2,6,10,12,14-16,20-21H2,1,3H3/t26?,27-/m0/s1. The van der Waals surface area contributed by atoms with E-state index in [0.717, 1.165) is 41.6 Å². The second kappa shape index (κ2) is 12.0. The van der Waals surface area contributed by atoms with Crippen LogP contribution in [0.4, 0.5) is 10.1 Å². The van der Waals surface area contributed by atoms with E-state index in [-0.39, 0.29) is 13.0 Å². The maximum absolute atomic E-state index is 13.8. The van der Waals surface area contributed by atoms with Gasteiger partial charge in [0, 0.05) is 43.5 Å². The minimum Gasteiger partial charge on any atom is -0.476 e. The highest BCUT2D eigenvalue weighted by Crippen LogP contribution is 2.36. The summed E-state index contributed by atoms with van der Waals surface area (Å²) in [6.07, 6.45) is 4.18. The molecule has 0 N–H and O–H groups in total. The van der Waals surface area contributed by atoms with Gasteiger partial charge in [0.05, 0.1) is 29.7 Å². The van der Waals surface area contributed by atoms with Crippen LogP contribution >= 0.6 is 0 Å². The van der Waals surface area contributed by atoms with Crippen molar-refractivity contribution in [3.63, 3.8) is 0 Å². The Morgan fingerprint density at radius 3 is 2.72 bits per heavy atom. The number of nitriles is 1. The molecule has 1 unspecified atom stereocenters. The fraction of sp³-hybridized carbons (Fsp3) is 0.353. The predicted octanol–water partition coefficient (Wildman–Crippen LogP) is 5.65. The van der Waals surface area contributed by atoms with Gasteiger partial charge in [-0.05, 0) is 61.3 Å². The molecule has 4 aromatic rings. The number of carbonyl (C=O) groups is 1. The molecular formula is C34H35FN6O2. The number of pyridine rings is 2. The summed E-state index contributed by atoms with van der Waals surface area (Å²) in [6.45, 7) is 7.92. The summed E-state index contributed by atoms with van der Waals surface area (Å²) in [7, 11) is 2.12. The first kappa shape index (κ1) is 28.6. The minimum atomic E-state index is -1.02. The zero-order chi connectivity index (χ0) is 30.1. The number of piperazine rings is 1. The molecule has 8 nitrogen and oxygen atoms in total. The number of likely N-dealkylation sites (tertiary alicyclic amines) is 1. The fourth-order valence-corrected chi connectivity index (χ4v) is 6.45. The predicted molar refractivity (Wildman–Crippen MR) is 167 cm³/mol. The van der Waals surface area contributed by atoms with Crippen LogP contribution in [0, 0.1) is 18.3 Å². The Hall–Kier alpha value is -4.55. The molecule has 0 spiro atoms. The van der Waals surface area contributed by atoms with E-state index in [2.05, 4.69) is 78.9 Å². The average Bonchev–Trinajstić information content (AvgIpc) is 3.43. The van der Waals surface area contributed by atoms with Crippen molar-refractivity contribution in [2.24, 2.45) is 0 Å². The van der Waals surface area contributed by atoms with Crippen LogP contribution in [-0.2, 0) is 4.79 Å². The van der Waals surface area contributed by atoms with Crippen LogP contribution in [0.25, 0.3) is 32.9 Å². The topological polar surface area (TPSA) is 85.6 Å². The number of rotatable bonds is 7. The third kappa shape index (κ3) is 5.63. The maximum Gasteiger partial charge on any atom is 0.282 e. The molecule has 43 heavy (non-hydrogen) atoms. The summed E-state index contributed by atoms with van der Waals surface area (Å²) in [5.41, 5.74) is 5.44. The first-order chi connectivity index (χ1) is 20.8. The number of nitrogens with zero attached hydrogens (tertiary/aromatic N) is 6. The molecule has 2 aliphatic heterocycles. The van der Waals surface area contributed by atoms with Crippen molar-refractivity contribution in [3.05, 3.63) is 72.7 Å². The normalized spacial score (nSPS) is 19.1. The van der Waals surface area contributed by atoms with Gasteiger partial charge in [-0.3, -0.25) is 9.78 Å². The average molecular weight is 579 g/mol. The molecule has 2 aromatic carbocycles. The van der Waals surface area contributed by atoms with E-state index < -0.39 is 17.8 Å². The summed E-state index contributed by atoms with van der Waals surface area (Å²) < 4.78 is 20.1. The lowest BCUT2D eigenvalue weighted by atomic mass is 9.96. The molecular weight excluding hydrogens is 543 g/mol. The van der Waals surface area contributed by atoms with Crippen molar-refractivity contribution in [3.8, 4) is 23.1 Å². The van der Waals surface area contributed by atoms with Crippen molar-refractivity contribution in [2.75, 3.05) is 44.7 Å². The summed E-state index contributed by atoms with van der Waals surface area (Å²) in [5.74, 6) is -1.28. The number of benzene rings is 2. The number of hydrogen-bond acceptors (Lipinski definition) is 7. The van der Waals surface area contributed by atoms with Gasteiger partial charge in [-0.15, -0.1) is 0 Å². The second-order valence-corrected chi connectivity index (χ2v) is 11.5. The number of aromatic nitrogens is 2. The number of ether oxygens (including phenoxy) is 1. The van der Waals surface area contributed by atoms with Gasteiger partial charge >= 0.3 is 0 Å². The van der Waals surface area contributed by atoms with E-state index in [1.807, 2.05) is 12.3 Å². The van der Waals surface area contributed by atoms with Gasteiger partial charge < -0.3 is 19.4 Å². The summed E-state index contributed by atoms with van der Waals surface area (Å²) in [5, 5.41) is 11.8. The molecule has 2 saturated heterocycles. The summed E-state index contributed by atoms with van der Waals surface area (Å²) in [4.78, 5) is 28.2. The lowest BCUT2D eigenvalue weighted by Gasteiger charge is -2.41. The largest absolute Gasteiger partial charge is 0.476 e. The Balaban J connectivity index is 1.41. The Kier molecular flexibility index (Phi) is 7.96. The number of carbonyl (C=O) groups excluding carboxylic acids is 1. The molecule has 2 aromatic heterocycles. The van der Waals surface area contributed by atoms with E-state index in [1.165, 1.54) is 15.8 Å². The minimum absolute atomic E-state index is 0.0773. The fourth-order valence-electron chi connectivity index (χ4n) is 6.45. The number of hydrogen-bond donors (Lipinski definition) is 0. The van der Waals surface area contributed by atoms with Crippen molar-refractivity contribution in [1.29, 1.82) is 5.26 Å². The van der Waals surface area contributed by atoms with Crippen LogP contribution in [-0.4, -0.2) is 77.6 Å². The van der Waals surface area contributed by atoms with Gasteiger partial charge in [-0.25, -0.2) is 9.37 Å². The number of anilines is 1. The quantitative estimate of drug-likeness (QED) is 0.262. The monoisotopic (exact) mass is 578 g/mol. The van der Waals surface area contributed by atoms with E-state index in [0.29, 0.717) is 42.7 Å². The van der Waals surface area contributed by atoms with Crippen LogP contribution in [0.3, 0.4) is 0 Å². The molecule has 2 fully saturated rings. The van der Waals surface area contributed by atoms with Crippen LogP contribution in [0.1, 0.15) is 24.8 Å². The smallest absolute Gasteiger partial charge is 0.282 e. The van der Waals surface area contributed by atoms with Gasteiger partial charge in [-0.2, -0.15) is 5.26 Å². The summed E-state index contributed by atoms with van der Waals surface area (Å²) in [6, 6.07) is 18.5. The Morgan fingerprint density at radius 2 is 1.98 bits per heavy atom. The van der Waals surface area contributed by atoms with E-state index in [9.17, 15) is 14.4 Å². The van der Waals surface area contributed by atoms with Gasteiger partial charge in [0.1, 0.15) is 12.1 Å². The molecule has 220 valence electrons. The zero-order valence-electron chi connectivity index (χ0n) is 24.6. The zero-order valence-corrected chi connectivity index (χ0v) is 24.6. The molecule has 2 aliphatic rings. The van der Waals surface area contributed by atoms with Gasteiger partial charge in [-0.1, -0.05) is 43.0 Å².